The van der Waals surface area contributed by atoms with E-state index in [1.807, 2.05) is 6.92 Å². The van der Waals surface area contributed by atoms with Crippen LogP contribution in [0.3, 0.4) is 0 Å². The number of hydrogen-bond acceptors (Lipinski definition) is 2. The summed E-state index contributed by atoms with van der Waals surface area (Å²) in [6.07, 6.45) is 0. The second-order valence-corrected chi connectivity index (χ2v) is 3.74. The molecule has 0 amide bonds. The molecule has 88 valence electrons. The Labute approximate surface area is 98.3 Å². The molecule has 3 nitrogen and oxygen atoms in total. The Balaban J connectivity index is 2.75. The fourth-order valence-corrected chi connectivity index (χ4v) is 1.83. The van der Waals surface area contributed by atoms with Crippen LogP contribution in [0.4, 0.5) is 10.1 Å². The summed E-state index contributed by atoms with van der Waals surface area (Å²) in [5.74, 6) is -0.361. The van der Waals surface area contributed by atoms with Crippen LogP contribution in [0.25, 0.3) is 11.3 Å². The number of hydrogen-bond donors (Lipinski definition) is 1. The van der Waals surface area contributed by atoms with Gasteiger partial charge in [-0.1, -0.05) is 12.1 Å². The highest BCUT2D eigenvalue weighted by Gasteiger charge is 2.10. The summed E-state index contributed by atoms with van der Waals surface area (Å²) < 4.78 is 15.2. The Morgan fingerprint density at radius 3 is 2.65 bits per heavy atom. The molecule has 2 N–H and O–H groups in total. The number of nitrogens with zero attached hydrogens (tertiary/aromatic N) is 1. The third-order valence-corrected chi connectivity index (χ3v) is 2.62. The van der Waals surface area contributed by atoms with E-state index in [0.29, 0.717) is 23.5 Å². The Kier molecular flexibility index (Phi) is 2.95. The smallest absolute Gasteiger partial charge is 0.253 e. The van der Waals surface area contributed by atoms with Gasteiger partial charge in [-0.05, 0) is 25.1 Å². The van der Waals surface area contributed by atoms with Crippen LogP contribution in [0.5, 0.6) is 0 Å². The number of aromatic nitrogens is 1. The number of benzene rings is 1. The topological polar surface area (TPSA) is 48.0 Å². The van der Waals surface area contributed by atoms with E-state index in [9.17, 15) is 9.18 Å². The SMILES string of the molecule is CCn1c(-c2ccccc2F)cc(N)cc1=O. The second kappa shape index (κ2) is 4.41. The molecule has 0 saturated heterocycles. The van der Waals surface area contributed by atoms with E-state index in [2.05, 4.69) is 0 Å². The van der Waals surface area contributed by atoms with Gasteiger partial charge in [0.1, 0.15) is 5.82 Å². The van der Waals surface area contributed by atoms with E-state index >= 15 is 0 Å². The molecule has 0 saturated carbocycles. The van der Waals surface area contributed by atoms with Gasteiger partial charge in [-0.25, -0.2) is 4.39 Å². The van der Waals surface area contributed by atoms with Gasteiger partial charge in [-0.3, -0.25) is 4.79 Å². The van der Waals surface area contributed by atoms with E-state index in [1.54, 1.807) is 24.3 Å². The first-order valence-electron chi connectivity index (χ1n) is 5.38. The van der Waals surface area contributed by atoms with Crippen molar-refractivity contribution in [2.75, 3.05) is 5.73 Å². The highest BCUT2D eigenvalue weighted by molar-refractivity contribution is 5.64. The Morgan fingerprint density at radius 1 is 1.29 bits per heavy atom. The third-order valence-electron chi connectivity index (χ3n) is 2.62. The summed E-state index contributed by atoms with van der Waals surface area (Å²) in [5.41, 5.74) is 6.66. The number of pyridine rings is 1. The monoisotopic (exact) mass is 232 g/mol. The second-order valence-electron chi connectivity index (χ2n) is 3.74. The lowest BCUT2D eigenvalue weighted by Gasteiger charge is -2.12. The van der Waals surface area contributed by atoms with E-state index in [1.165, 1.54) is 16.7 Å². The van der Waals surface area contributed by atoms with Crippen molar-refractivity contribution in [1.29, 1.82) is 0 Å². The van der Waals surface area contributed by atoms with Gasteiger partial charge in [0, 0.05) is 23.9 Å². The highest BCUT2D eigenvalue weighted by Crippen LogP contribution is 2.22. The first kappa shape index (κ1) is 11.4. The number of rotatable bonds is 2. The van der Waals surface area contributed by atoms with Crippen molar-refractivity contribution in [1.82, 2.24) is 4.57 Å². The quantitative estimate of drug-likeness (QED) is 0.863. The molecule has 0 bridgehead atoms. The highest BCUT2D eigenvalue weighted by atomic mass is 19.1. The van der Waals surface area contributed by atoms with Crippen molar-refractivity contribution >= 4 is 5.69 Å². The number of nitrogen functional groups attached to an aromatic ring is 1. The van der Waals surface area contributed by atoms with Gasteiger partial charge in [-0.15, -0.1) is 0 Å². The van der Waals surface area contributed by atoms with Crippen LogP contribution in [0.15, 0.2) is 41.2 Å². The average molecular weight is 232 g/mol. The summed E-state index contributed by atoms with van der Waals surface area (Å²) in [7, 11) is 0. The van der Waals surface area contributed by atoms with Crippen molar-refractivity contribution in [3.05, 3.63) is 52.6 Å². The lowest BCUT2D eigenvalue weighted by atomic mass is 10.1. The van der Waals surface area contributed by atoms with E-state index in [-0.39, 0.29) is 11.4 Å². The molecule has 1 aromatic carbocycles. The Morgan fingerprint density at radius 2 is 2.00 bits per heavy atom. The zero-order chi connectivity index (χ0) is 12.4. The summed E-state index contributed by atoms with van der Waals surface area (Å²) in [6.45, 7) is 2.31. The molecule has 0 radical (unpaired) electrons. The normalized spacial score (nSPS) is 10.5. The minimum atomic E-state index is -0.361. The maximum absolute atomic E-state index is 13.7. The molecule has 0 aliphatic rings. The Hall–Kier alpha value is -2.10. The van der Waals surface area contributed by atoms with Gasteiger partial charge >= 0.3 is 0 Å². The predicted octanol–water partition coefficient (Wildman–Crippen LogP) is 2.26. The minimum Gasteiger partial charge on any atom is -0.399 e. The number of anilines is 1. The predicted molar refractivity (Wildman–Crippen MR) is 66.2 cm³/mol. The summed E-state index contributed by atoms with van der Waals surface area (Å²) >= 11 is 0. The van der Waals surface area contributed by atoms with Crippen LogP contribution in [0, 0.1) is 5.82 Å². The fraction of sp³-hybridized carbons (Fsp3) is 0.154. The maximum atomic E-state index is 13.7. The molecular formula is C13H13FN2O. The van der Waals surface area contributed by atoms with Gasteiger partial charge in [0.15, 0.2) is 0 Å². The molecule has 4 heteroatoms. The largest absolute Gasteiger partial charge is 0.399 e. The van der Waals surface area contributed by atoms with Gasteiger partial charge in [-0.2, -0.15) is 0 Å². The van der Waals surface area contributed by atoms with Crippen molar-refractivity contribution in [2.45, 2.75) is 13.5 Å². The molecule has 1 heterocycles. The van der Waals surface area contributed by atoms with E-state index < -0.39 is 0 Å². The van der Waals surface area contributed by atoms with Gasteiger partial charge < -0.3 is 10.3 Å². The lowest BCUT2D eigenvalue weighted by Crippen LogP contribution is -2.20. The maximum Gasteiger partial charge on any atom is 0.253 e. The molecular weight excluding hydrogens is 219 g/mol. The van der Waals surface area contributed by atoms with Gasteiger partial charge in [0.2, 0.25) is 0 Å². The zero-order valence-electron chi connectivity index (χ0n) is 9.48. The van der Waals surface area contributed by atoms with Crippen molar-refractivity contribution in [3.63, 3.8) is 0 Å². The van der Waals surface area contributed by atoms with Gasteiger partial charge in [0.25, 0.3) is 5.56 Å². The minimum absolute atomic E-state index is 0.217. The third kappa shape index (κ3) is 2.06. The Bertz CT molecular complexity index is 605. The molecule has 0 aliphatic heterocycles. The molecule has 0 atom stereocenters. The summed E-state index contributed by atoms with van der Waals surface area (Å²) in [5, 5.41) is 0. The lowest BCUT2D eigenvalue weighted by molar-refractivity contribution is 0.627. The van der Waals surface area contributed by atoms with Crippen LogP contribution in [0.1, 0.15) is 6.92 Å². The number of nitrogens with two attached hydrogens (primary N) is 1. The molecule has 0 spiro atoms. The van der Waals surface area contributed by atoms with Crippen LogP contribution in [0.2, 0.25) is 0 Å². The van der Waals surface area contributed by atoms with Crippen LogP contribution in [-0.4, -0.2) is 4.57 Å². The molecule has 0 fully saturated rings. The van der Waals surface area contributed by atoms with E-state index in [4.69, 9.17) is 5.73 Å². The van der Waals surface area contributed by atoms with Crippen molar-refractivity contribution in [3.8, 4) is 11.3 Å². The fourth-order valence-electron chi connectivity index (χ4n) is 1.83. The van der Waals surface area contributed by atoms with Crippen LogP contribution >= 0.6 is 0 Å². The number of halogens is 1. The molecule has 0 aliphatic carbocycles. The molecule has 0 unspecified atom stereocenters. The first-order valence-corrected chi connectivity index (χ1v) is 5.38. The van der Waals surface area contributed by atoms with Crippen molar-refractivity contribution in [2.24, 2.45) is 0 Å². The summed E-state index contributed by atoms with van der Waals surface area (Å²) in [4.78, 5) is 11.7. The van der Waals surface area contributed by atoms with Crippen LogP contribution < -0.4 is 11.3 Å². The molecule has 2 aromatic rings. The van der Waals surface area contributed by atoms with Crippen molar-refractivity contribution < 1.29 is 4.39 Å². The van der Waals surface area contributed by atoms with Gasteiger partial charge in [0.05, 0.1) is 5.69 Å². The first-order chi connectivity index (χ1) is 8.13. The van der Waals surface area contributed by atoms with E-state index in [0.717, 1.165) is 0 Å². The molecule has 1 aromatic heterocycles. The zero-order valence-corrected chi connectivity index (χ0v) is 9.48. The summed E-state index contributed by atoms with van der Waals surface area (Å²) in [6, 6.07) is 9.29. The average Bonchev–Trinajstić information content (AvgIpc) is 2.28. The molecule has 17 heavy (non-hydrogen) atoms. The van der Waals surface area contributed by atoms with Crippen LogP contribution in [-0.2, 0) is 6.54 Å². The standard InChI is InChI=1S/C13H13FN2O/c1-2-16-12(7-9(15)8-13(16)17)10-5-3-4-6-11(10)14/h3-8H,2,15H2,1H3. The molecule has 2 rings (SSSR count).